The van der Waals surface area contributed by atoms with Crippen molar-refractivity contribution < 1.29 is 22.8 Å². The van der Waals surface area contributed by atoms with Gasteiger partial charge in [0.05, 0.1) is 6.42 Å². The Labute approximate surface area is 107 Å². The zero-order valence-electron chi connectivity index (χ0n) is 10.7. The summed E-state index contributed by atoms with van der Waals surface area (Å²) >= 11 is 0. The molecule has 6 nitrogen and oxygen atoms in total. The number of ether oxygens (including phenoxy) is 1. The molecule has 0 aliphatic carbocycles. The molecule has 0 aliphatic rings. The maximum absolute atomic E-state index is 11.6. The number of nitrogens with zero attached hydrogens (tertiary/aromatic N) is 1. The van der Waals surface area contributed by atoms with E-state index in [1.807, 2.05) is 0 Å². The van der Waals surface area contributed by atoms with E-state index in [0.29, 0.717) is 0 Å². The van der Waals surface area contributed by atoms with Crippen molar-refractivity contribution in [2.75, 3.05) is 27.6 Å². The molecule has 1 aromatic rings. The van der Waals surface area contributed by atoms with E-state index in [0.717, 1.165) is 5.56 Å². The van der Waals surface area contributed by atoms with Crippen LogP contribution in [0.5, 0.6) is 0 Å². The fourth-order valence-corrected chi connectivity index (χ4v) is 2.51. The molecule has 0 spiro atoms. The Kier molecular flexibility index (Phi) is 5.93. The minimum Gasteiger partial charge on any atom is -0.461 e. The van der Waals surface area contributed by atoms with Crippen LogP contribution in [0.2, 0.25) is 0 Å². The van der Waals surface area contributed by atoms with E-state index < -0.39 is 8.80 Å². The van der Waals surface area contributed by atoms with Gasteiger partial charge in [0.2, 0.25) is 0 Å². The average Bonchev–Trinajstić information content (AvgIpc) is 2.42. The highest BCUT2D eigenvalue weighted by Gasteiger charge is 2.40. The van der Waals surface area contributed by atoms with Crippen molar-refractivity contribution in [3.05, 3.63) is 30.1 Å². The number of rotatable bonds is 7. The van der Waals surface area contributed by atoms with Crippen molar-refractivity contribution in [3.63, 3.8) is 0 Å². The number of hydrogen-bond donors (Lipinski definition) is 0. The van der Waals surface area contributed by atoms with Gasteiger partial charge in [-0.2, -0.15) is 0 Å². The van der Waals surface area contributed by atoms with Gasteiger partial charge in [0, 0.05) is 33.7 Å². The first kappa shape index (κ1) is 14.8. The molecule has 0 atom stereocenters. The van der Waals surface area contributed by atoms with E-state index in [4.69, 9.17) is 18.0 Å². The van der Waals surface area contributed by atoms with Gasteiger partial charge in [-0.05, 0) is 17.7 Å². The van der Waals surface area contributed by atoms with Crippen LogP contribution in [0.4, 0.5) is 0 Å². The normalized spacial score (nSPS) is 11.3. The number of esters is 1. The van der Waals surface area contributed by atoms with Crippen LogP contribution in [0, 0.1) is 0 Å². The van der Waals surface area contributed by atoms with Crippen LogP contribution >= 0.6 is 0 Å². The molecule has 0 saturated carbocycles. The van der Waals surface area contributed by atoms with Gasteiger partial charge >= 0.3 is 14.8 Å². The summed E-state index contributed by atoms with van der Waals surface area (Å²) in [5, 5.41) is 0. The first-order valence-electron chi connectivity index (χ1n) is 5.36. The summed E-state index contributed by atoms with van der Waals surface area (Å²) in [5.41, 5.74) is 0.842. The standard InChI is InChI=1S/C11H17NO5Si/c1-14-18(15-2,16-3)9-17-11(13)8-10-4-6-12-7-5-10/h4-7H,8-9H2,1-3H3. The van der Waals surface area contributed by atoms with E-state index in [9.17, 15) is 4.79 Å². The molecule has 0 unspecified atom stereocenters. The predicted molar refractivity (Wildman–Crippen MR) is 65.7 cm³/mol. The van der Waals surface area contributed by atoms with Crippen LogP contribution in [0.3, 0.4) is 0 Å². The Balaban J connectivity index is 2.46. The first-order chi connectivity index (χ1) is 8.65. The van der Waals surface area contributed by atoms with Crippen molar-refractivity contribution in [3.8, 4) is 0 Å². The topological polar surface area (TPSA) is 66.9 Å². The SMILES string of the molecule is CO[Si](COC(=O)Cc1ccncc1)(OC)OC. The minimum absolute atomic E-state index is 0.000414. The lowest BCUT2D eigenvalue weighted by Gasteiger charge is -2.23. The zero-order chi connectivity index (χ0) is 13.4. The minimum atomic E-state index is -2.85. The lowest BCUT2D eigenvalue weighted by molar-refractivity contribution is -0.142. The van der Waals surface area contributed by atoms with Crippen LogP contribution in [0.1, 0.15) is 5.56 Å². The lowest BCUT2D eigenvalue weighted by atomic mass is 10.2. The summed E-state index contributed by atoms with van der Waals surface area (Å²) in [4.78, 5) is 15.5. The van der Waals surface area contributed by atoms with Gasteiger partial charge in [-0.25, -0.2) is 0 Å². The van der Waals surface area contributed by atoms with Gasteiger partial charge in [-0.15, -0.1) is 0 Å². The molecule has 0 N–H and O–H groups in total. The second kappa shape index (κ2) is 7.22. The Morgan fingerprint density at radius 1 is 1.17 bits per heavy atom. The molecule has 100 valence electrons. The molecular weight excluding hydrogens is 254 g/mol. The fraction of sp³-hybridized carbons (Fsp3) is 0.455. The van der Waals surface area contributed by atoms with Gasteiger partial charge in [-0.3, -0.25) is 9.78 Å². The molecule has 1 aromatic heterocycles. The second-order valence-electron chi connectivity index (χ2n) is 3.49. The Morgan fingerprint density at radius 3 is 2.22 bits per heavy atom. The third kappa shape index (κ3) is 4.19. The Morgan fingerprint density at radius 2 is 1.72 bits per heavy atom. The first-order valence-corrected chi connectivity index (χ1v) is 7.29. The third-order valence-electron chi connectivity index (χ3n) is 2.44. The van der Waals surface area contributed by atoms with Gasteiger partial charge in [0.15, 0.2) is 6.23 Å². The zero-order valence-corrected chi connectivity index (χ0v) is 11.7. The molecule has 1 heterocycles. The summed E-state index contributed by atoms with van der Waals surface area (Å²) in [6, 6.07) is 3.52. The Hall–Kier alpha value is -1.28. The monoisotopic (exact) mass is 271 g/mol. The summed E-state index contributed by atoms with van der Waals surface area (Å²) in [6.45, 7) is 0. The van der Waals surface area contributed by atoms with Gasteiger partial charge in [0.25, 0.3) is 0 Å². The van der Waals surface area contributed by atoms with E-state index in [2.05, 4.69) is 4.98 Å². The average molecular weight is 271 g/mol. The largest absolute Gasteiger partial charge is 0.539 e. The highest BCUT2D eigenvalue weighted by atomic mass is 28.4. The van der Waals surface area contributed by atoms with Crippen LogP contribution in [0.15, 0.2) is 24.5 Å². The maximum Gasteiger partial charge on any atom is 0.539 e. The van der Waals surface area contributed by atoms with Crippen molar-refractivity contribution >= 4 is 14.8 Å². The van der Waals surface area contributed by atoms with Crippen molar-refractivity contribution in [2.45, 2.75) is 6.42 Å². The van der Waals surface area contributed by atoms with Crippen LogP contribution in [-0.2, 0) is 29.2 Å². The van der Waals surface area contributed by atoms with Crippen molar-refractivity contribution in [1.29, 1.82) is 0 Å². The summed E-state index contributed by atoms with van der Waals surface area (Å²) < 4.78 is 20.5. The maximum atomic E-state index is 11.6. The van der Waals surface area contributed by atoms with Gasteiger partial charge in [-0.1, -0.05) is 0 Å². The van der Waals surface area contributed by atoms with Crippen molar-refractivity contribution in [1.82, 2.24) is 4.98 Å². The summed E-state index contributed by atoms with van der Waals surface area (Å²) in [6.07, 6.45) is 3.44. The highest BCUT2D eigenvalue weighted by molar-refractivity contribution is 6.60. The van der Waals surface area contributed by atoms with E-state index in [1.165, 1.54) is 21.3 Å². The molecule has 0 aromatic carbocycles. The number of hydrogen-bond acceptors (Lipinski definition) is 6. The number of pyridine rings is 1. The molecule has 7 heteroatoms. The molecular formula is C11H17NO5Si. The molecule has 0 radical (unpaired) electrons. The summed E-state index contributed by atoms with van der Waals surface area (Å²) in [5.74, 6) is -0.357. The number of carbonyl (C=O) groups excluding carboxylic acids is 1. The van der Waals surface area contributed by atoms with E-state index >= 15 is 0 Å². The van der Waals surface area contributed by atoms with Crippen LogP contribution in [0.25, 0.3) is 0 Å². The van der Waals surface area contributed by atoms with Crippen LogP contribution < -0.4 is 0 Å². The molecule has 18 heavy (non-hydrogen) atoms. The molecule has 0 fully saturated rings. The fourth-order valence-electron chi connectivity index (χ4n) is 1.31. The Bertz CT molecular complexity index is 361. The number of carbonyl (C=O) groups is 1. The van der Waals surface area contributed by atoms with E-state index in [1.54, 1.807) is 24.5 Å². The molecule has 1 rings (SSSR count). The second-order valence-corrected chi connectivity index (χ2v) is 6.37. The summed E-state index contributed by atoms with van der Waals surface area (Å²) in [7, 11) is 1.55. The molecule has 0 aliphatic heterocycles. The quantitative estimate of drug-likeness (QED) is 0.534. The van der Waals surface area contributed by atoms with E-state index in [-0.39, 0.29) is 18.6 Å². The number of aromatic nitrogens is 1. The smallest absolute Gasteiger partial charge is 0.461 e. The van der Waals surface area contributed by atoms with Crippen molar-refractivity contribution in [2.24, 2.45) is 0 Å². The molecule has 0 amide bonds. The van der Waals surface area contributed by atoms with Gasteiger partial charge < -0.3 is 18.0 Å². The van der Waals surface area contributed by atoms with Crippen LogP contribution in [-0.4, -0.2) is 47.3 Å². The third-order valence-corrected chi connectivity index (χ3v) is 4.80. The lowest BCUT2D eigenvalue weighted by Crippen LogP contribution is -2.48. The van der Waals surface area contributed by atoms with Gasteiger partial charge in [0.1, 0.15) is 0 Å². The highest BCUT2D eigenvalue weighted by Crippen LogP contribution is 2.07. The molecule has 0 saturated heterocycles. The predicted octanol–water partition coefficient (Wildman–Crippen LogP) is 0.585. The molecule has 0 bridgehead atoms.